The molecule has 0 bridgehead atoms. The highest BCUT2D eigenvalue weighted by molar-refractivity contribution is 6.30. The molecule has 234 valence electrons. The molecular weight excluding hydrogens is 617 g/mol. The maximum atomic E-state index is 10.2. The zero-order valence-corrected chi connectivity index (χ0v) is 25.4. The van der Waals surface area contributed by atoms with Crippen LogP contribution in [0.2, 0.25) is 0 Å². The van der Waals surface area contributed by atoms with E-state index in [0.717, 1.165) is 0 Å². The normalized spacial score (nSPS) is 20.0. The maximum absolute atomic E-state index is 10.2. The summed E-state index contributed by atoms with van der Waals surface area (Å²) in [5, 5.41) is -8.63. The van der Waals surface area contributed by atoms with Crippen molar-refractivity contribution >= 4 is 97.3 Å². The van der Waals surface area contributed by atoms with E-state index in [1.54, 1.807) is 0 Å². The predicted octanol–water partition coefficient (Wildman–Crippen LogP) is 14.4. The Balaban J connectivity index is 1.46. The molecule has 0 saturated carbocycles. The molecule has 0 saturated heterocycles. The summed E-state index contributed by atoms with van der Waals surface area (Å²) in [6.45, 7) is 0. The van der Waals surface area contributed by atoms with Crippen LogP contribution in [0.15, 0.2) is 174 Å². The van der Waals surface area contributed by atoms with Gasteiger partial charge in [0.25, 0.3) is 0 Å². The second kappa shape index (κ2) is 9.94. The van der Waals surface area contributed by atoms with Gasteiger partial charge in [-0.1, -0.05) is 151 Å². The van der Waals surface area contributed by atoms with Crippen LogP contribution in [0.25, 0.3) is 120 Å². The molecule has 0 spiro atoms. The van der Waals surface area contributed by atoms with Gasteiger partial charge in [-0.25, -0.2) is 0 Å². The average Bonchev–Trinajstić information content (AvgIpc) is 2.34. The highest BCUT2D eigenvalue weighted by atomic mass is 16.3. The molecule has 1 aromatic heterocycles. The molecule has 0 atom stereocenters. The van der Waals surface area contributed by atoms with Crippen molar-refractivity contribution in [1.29, 1.82) is 0 Å². The summed E-state index contributed by atoms with van der Waals surface area (Å²) in [5.74, 6) is 0. The molecule has 1 heteroatoms. The minimum atomic E-state index is -1.07. The van der Waals surface area contributed by atoms with Crippen molar-refractivity contribution in [3.8, 4) is 22.3 Å². The number of rotatable bonds is 2. The molecule has 0 aliphatic rings. The van der Waals surface area contributed by atoms with Gasteiger partial charge in [0.1, 0.15) is 11.2 Å². The maximum Gasteiger partial charge on any atom is 0.143 e. The van der Waals surface area contributed by atoms with Gasteiger partial charge in [0.2, 0.25) is 0 Å². The molecule has 11 aromatic carbocycles. The summed E-state index contributed by atoms with van der Waals surface area (Å²) in [7, 11) is 0. The molecule has 0 fully saturated rings. The molecule has 1 heterocycles. The van der Waals surface area contributed by atoms with Crippen molar-refractivity contribution in [3.63, 3.8) is 0 Å². The SMILES string of the molecule is [2H]c1c([2H])c(-c2c([2H])c([2H])c3c([2H])c([2H])c4c([2H])c([2H])c([2H])c5c([2H])c([2H])c2c3c45)c2c(oc3c4c([2H])c([2H])c([2H])c([2H])c4c([2H])c([2H])c32)c1-c1c2c([2H])c([2H])c([2H])c([2H])c2c([2H])c2c1c([2H])c([2H])c1c([2H])c([2H])c([2H])c([2H])c12. The Kier molecular flexibility index (Phi) is 2.33. The first kappa shape index (κ1) is 12.0. The van der Waals surface area contributed by atoms with E-state index in [0.29, 0.717) is 0 Å². The van der Waals surface area contributed by atoms with Crippen LogP contribution >= 0.6 is 0 Å². The van der Waals surface area contributed by atoms with Crippen molar-refractivity contribution in [3.05, 3.63) is 169 Å². The van der Waals surface area contributed by atoms with Crippen LogP contribution < -0.4 is 0 Å². The molecule has 12 aromatic rings. The third-order valence-electron chi connectivity index (χ3n) is 9.17. The van der Waals surface area contributed by atoms with Gasteiger partial charge in [-0.3, -0.25) is 0 Å². The number of hydrogen-bond donors (Lipinski definition) is 0. The second-order valence-electron chi connectivity index (χ2n) is 11.8. The minimum Gasteiger partial charge on any atom is -0.455 e. The van der Waals surface area contributed by atoms with Crippen LogP contribution in [-0.2, 0) is 0 Å². The first-order chi connectivity index (χ1) is 37.0. The Bertz CT molecular complexity index is 5020. The van der Waals surface area contributed by atoms with Crippen molar-refractivity contribution < 1.29 is 42.8 Å². The number of fused-ring (bicyclic) bond motifs is 9. The predicted molar refractivity (Wildman–Crippen MR) is 218 cm³/mol. The van der Waals surface area contributed by atoms with E-state index < -0.39 is 278 Å². The molecule has 0 radical (unpaired) electrons. The third-order valence-corrected chi connectivity index (χ3v) is 9.17. The van der Waals surface area contributed by atoms with Gasteiger partial charge in [-0.15, -0.1) is 0 Å². The lowest BCUT2D eigenvalue weighted by molar-refractivity contribution is 0.674. The monoisotopic (exact) mass is 672 g/mol. The summed E-state index contributed by atoms with van der Waals surface area (Å²) >= 11 is 0. The summed E-state index contributed by atoms with van der Waals surface area (Å²) in [6.07, 6.45) is 0. The molecular formula is C50H28O. The first-order valence-corrected chi connectivity index (χ1v) is 15.4. The summed E-state index contributed by atoms with van der Waals surface area (Å²) in [5.41, 5.74) is -4.26. The lowest BCUT2D eigenvalue weighted by atomic mass is 9.86. The standard InChI is InChI=1S/C50H28O/c1-4-13-35-29(8-1)18-23-41-44(35)28-34-10-3-5-14-36(34)47(41)42-27-26-40(48-43-25-19-30-9-2-6-15-37(30)49(43)51-50(42)48)38-22-20-33-17-16-31-11-7-12-32-21-24-39(38)46(33)45(31)32/h1-28H/i1D,2D,3D,4D,5D,6D,7D,8D,9D,10D,11D,12D,13D,14D,15D,16D,17D,18D,19D,20D,21D,22D,23D,24D,25D,26D,27D,28D. The van der Waals surface area contributed by atoms with Gasteiger partial charge >= 0.3 is 0 Å². The topological polar surface area (TPSA) is 13.1 Å². The van der Waals surface area contributed by atoms with Crippen LogP contribution in [0.3, 0.4) is 0 Å². The summed E-state index contributed by atoms with van der Waals surface area (Å²) < 4.78 is 264. The highest BCUT2D eigenvalue weighted by Crippen LogP contribution is 2.49. The lowest BCUT2D eigenvalue weighted by Gasteiger charge is -2.17. The van der Waals surface area contributed by atoms with Crippen LogP contribution in [0, 0.1) is 0 Å². The number of furan rings is 1. The Morgan fingerprint density at radius 2 is 0.843 bits per heavy atom. The van der Waals surface area contributed by atoms with Gasteiger partial charge < -0.3 is 4.42 Å². The largest absolute Gasteiger partial charge is 0.455 e. The van der Waals surface area contributed by atoms with E-state index in [-0.39, 0.29) is 10.8 Å². The average molecular weight is 673 g/mol. The fourth-order valence-electron chi connectivity index (χ4n) is 7.01. The van der Waals surface area contributed by atoms with Gasteiger partial charge in [0.15, 0.2) is 0 Å². The van der Waals surface area contributed by atoms with E-state index >= 15 is 0 Å². The minimum absolute atomic E-state index is 0.311. The zero-order chi connectivity index (χ0) is 57.6. The summed E-state index contributed by atoms with van der Waals surface area (Å²) in [4.78, 5) is 0. The third kappa shape index (κ3) is 3.65. The van der Waals surface area contributed by atoms with Crippen molar-refractivity contribution in [2.45, 2.75) is 0 Å². The van der Waals surface area contributed by atoms with Crippen molar-refractivity contribution in [1.82, 2.24) is 0 Å². The Morgan fingerprint density at radius 3 is 1.67 bits per heavy atom. The highest BCUT2D eigenvalue weighted by Gasteiger charge is 2.23. The number of hydrogen-bond acceptors (Lipinski definition) is 1. The second-order valence-corrected chi connectivity index (χ2v) is 11.8. The summed E-state index contributed by atoms with van der Waals surface area (Å²) in [6, 6.07) is -24.1. The smallest absolute Gasteiger partial charge is 0.143 e. The Labute approximate surface area is 332 Å². The first-order valence-electron chi connectivity index (χ1n) is 29.4. The fourth-order valence-corrected chi connectivity index (χ4v) is 7.01. The van der Waals surface area contributed by atoms with Crippen molar-refractivity contribution in [2.75, 3.05) is 0 Å². The van der Waals surface area contributed by atoms with Gasteiger partial charge in [0, 0.05) is 27.3 Å². The van der Waals surface area contributed by atoms with E-state index in [4.69, 9.17) is 23.6 Å². The van der Waals surface area contributed by atoms with Crippen LogP contribution in [0.5, 0.6) is 0 Å². The Hall–Kier alpha value is -6.70. The molecule has 0 N–H and O–H groups in total. The van der Waals surface area contributed by atoms with E-state index in [1.165, 1.54) is 0 Å². The van der Waals surface area contributed by atoms with Crippen LogP contribution in [0.4, 0.5) is 0 Å². The van der Waals surface area contributed by atoms with Gasteiger partial charge in [0.05, 0.1) is 38.4 Å². The quantitative estimate of drug-likeness (QED) is 0.132. The molecule has 1 nitrogen and oxygen atoms in total. The molecule has 12 rings (SSSR count). The number of benzene rings is 11. The van der Waals surface area contributed by atoms with E-state index in [2.05, 4.69) is 0 Å². The molecule has 51 heavy (non-hydrogen) atoms. The fraction of sp³-hybridized carbons (Fsp3) is 0. The lowest BCUT2D eigenvalue weighted by Crippen LogP contribution is -1.90. The molecule has 0 aliphatic heterocycles. The molecule has 0 unspecified atom stereocenters. The molecule has 0 amide bonds. The van der Waals surface area contributed by atoms with E-state index in [1.807, 2.05) is 0 Å². The van der Waals surface area contributed by atoms with Crippen LogP contribution in [0.1, 0.15) is 38.4 Å². The van der Waals surface area contributed by atoms with E-state index in [9.17, 15) is 19.2 Å². The van der Waals surface area contributed by atoms with Gasteiger partial charge in [-0.05, 0) is 99.3 Å². The molecule has 0 aliphatic carbocycles. The Morgan fingerprint density at radius 1 is 0.294 bits per heavy atom. The van der Waals surface area contributed by atoms with Gasteiger partial charge in [-0.2, -0.15) is 0 Å². The zero-order valence-electron chi connectivity index (χ0n) is 53.4. The van der Waals surface area contributed by atoms with Crippen LogP contribution in [-0.4, -0.2) is 0 Å². The van der Waals surface area contributed by atoms with Crippen molar-refractivity contribution in [2.24, 2.45) is 0 Å².